The van der Waals surface area contributed by atoms with Crippen LogP contribution in [0.15, 0.2) is 0 Å². The first-order chi connectivity index (χ1) is 8.42. The number of nitrogens with two attached hydrogens (primary N) is 1. The standard InChI is InChI=1S/C13H22N2O3/c1-6(14)11(16)15-13(3)5-4-8-9(10(8)13)12-17-7(2)18-12/h6-10,12H,4-5,14H2,1-3H3,(H,15,16)/t6-,7?,8+,9+,10+,12?,13+/m1/s1. The second-order valence-electron chi connectivity index (χ2n) is 6.21. The molecule has 1 heterocycles. The molecule has 18 heavy (non-hydrogen) atoms. The number of carbonyl (C=O) groups excluding carboxylic acids is 1. The predicted molar refractivity (Wildman–Crippen MR) is 65.3 cm³/mol. The van der Waals surface area contributed by atoms with Crippen LogP contribution in [0.4, 0.5) is 0 Å². The molecule has 5 atom stereocenters. The second-order valence-corrected chi connectivity index (χ2v) is 6.21. The molecule has 102 valence electrons. The summed E-state index contributed by atoms with van der Waals surface area (Å²) in [5.74, 6) is 1.51. The van der Waals surface area contributed by atoms with Crippen LogP contribution in [0, 0.1) is 17.8 Å². The van der Waals surface area contributed by atoms with E-state index in [1.807, 2.05) is 6.92 Å². The molecule has 0 bridgehead atoms. The first kappa shape index (κ1) is 12.4. The summed E-state index contributed by atoms with van der Waals surface area (Å²) >= 11 is 0. The molecule has 3 fully saturated rings. The number of nitrogens with one attached hydrogen (secondary N) is 1. The highest BCUT2D eigenvalue weighted by Crippen LogP contribution is 2.65. The number of fused-ring (bicyclic) bond motifs is 1. The van der Waals surface area contributed by atoms with Gasteiger partial charge in [-0.05, 0) is 45.4 Å². The summed E-state index contributed by atoms with van der Waals surface area (Å²) in [5, 5.41) is 3.12. The smallest absolute Gasteiger partial charge is 0.237 e. The van der Waals surface area contributed by atoms with Gasteiger partial charge in [-0.15, -0.1) is 0 Å². The summed E-state index contributed by atoms with van der Waals surface area (Å²) in [7, 11) is 0. The van der Waals surface area contributed by atoms with Gasteiger partial charge in [0.2, 0.25) is 5.91 Å². The number of rotatable bonds is 3. The van der Waals surface area contributed by atoms with Crippen LogP contribution in [-0.2, 0) is 14.3 Å². The van der Waals surface area contributed by atoms with Crippen LogP contribution >= 0.6 is 0 Å². The number of ether oxygens (including phenoxy) is 2. The first-order valence-electron chi connectivity index (χ1n) is 6.81. The molecule has 1 aliphatic heterocycles. The molecule has 0 unspecified atom stereocenters. The van der Waals surface area contributed by atoms with Crippen molar-refractivity contribution in [2.24, 2.45) is 23.5 Å². The van der Waals surface area contributed by atoms with Gasteiger partial charge in [0, 0.05) is 11.5 Å². The molecule has 0 radical (unpaired) electrons. The van der Waals surface area contributed by atoms with E-state index in [-0.39, 0.29) is 24.0 Å². The van der Waals surface area contributed by atoms with Crippen LogP contribution in [0.1, 0.15) is 33.6 Å². The van der Waals surface area contributed by atoms with Gasteiger partial charge in [0.15, 0.2) is 12.6 Å². The van der Waals surface area contributed by atoms with Gasteiger partial charge >= 0.3 is 0 Å². The summed E-state index contributed by atoms with van der Waals surface area (Å²) in [4.78, 5) is 11.8. The van der Waals surface area contributed by atoms with Crippen molar-refractivity contribution in [3.8, 4) is 0 Å². The van der Waals surface area contributed by atoms with E-state index in [9.17, 15) is 4.79 Å². The van der Waals surface area contributed by atoms with E-state index in [4.69, 9.17) is 15.2 Å². The van der Waals surface area contributed by atoms with Crippen molar-refractivity contribution >= 4 is 5.91 Å². The van der Waals surface area contributed by atoms with Crippen molar-refractivity contribution in [1.82, 2.24) is 5.32 Å². The van der Waals surface area contributed by atoms with Gasteiger partial charge < -0.3 is 20.5 Å². The lowest BCUT2D eigenvalue weighted by Crippen LogP contribution is -2.53. The highest BCUT2D eigenvalue weighted by molar-refractivity contribution is 5.81. The van der Waals surface area contributed by atoms with Crippen LogP contribution < -0.4 is 11.1 Å². The Morgan fingerprint density at radius 1 is 1.50 bits per heavy atom. The van der Waals surface area contributed by atoms with Crippen molar-refractivity contribution in [3.63, 3.8) is 0 Å². The van der Waals surface area contributed by atoms with Gasteiger partial charge in [0.05, 0.1) is 6.04 Å². The fourth-order valence-electron chi connectivity index (χ4n) is 3.78. The molecule has 2 aliphatic carbocycles. The Balaban J connectivity index is 1.63. The summed E-state index contributed by atoms with van der Waals surface area (Å²) in [5.41, 5.74) is 5.49. The lowest BCUT2D eigenvalue weighted by molar-refractivity contribution is -0.385. The molecule has 2 saturated carbocycles. The van der Waals surface area contributed by atoms with E-state index in [1.165, 1.54) is 0 Å². The van der Waals surface area contributed by atoms with Crippen LogP contribution in [0.25, 0.3) is 0 Å². The minimum Gasteiger partial charge on any atom is -0.349 e. The molecular formula is C13H22N2O3. The number of amides is 1. The van der Waals surface area contributed by atoms with Gasteiger partial charge in [-0.25, -0.2) is 0 Å². The predicted octanol–water partition coefficient (Wildman–Crippen LogP) is 0.583. The number of carbonyl (C=O) groups is 1. The number of hydrogen-bond donors (Lipinski definition) is 2. The molecule has 0 aromatic rings. The van der Waals surface area contributed by atoms with Gasteiger partial charge in [0.25, 0.3) is 0 Å². The molecule has 0 aromatic heterocycles. The van der Waals surface area contributed by atoms with Crippen LogP contribution in [0.3, 0.4) is 0 Å². The second kappa shape index (κ2) is 3.92. The van der Waals surface area contributed by atoms with Crippen LogP contribution in [0.5, 0.6) is 0 Å². The third-order valence-corrected chi connectivity index (χ3v) is 4.75. The lowest BCUT2D eigenvalue weighted by atomic mass is 9.91. The summed E-state index contributed by atoms with van der Waals surface area (Å²) in [6.07, 6.45) is 2.05. The Morgan fingerprint density at radius 3 is 2.72 bits per heavy atom. The molecular weight excluding hydrogens is 232 g/mol. The zero-order chi connectivity index (χ0) is 13.1. The first-order valence-corrected chi connectivity index (χ1v) is 6.81. The van der Waals surface area contributed by atoms with Crippen molar-refractivity contribution in [3.05, 3.63) is 0 Å². The fourth-order valence-corrected chi connectivity index (χ4v) is 3.78. The Morgan fingerprint density at radius 2 is 2.17 bits per heavy atom. The monoisotopic (exact) mass is 254 g/mol. The summed E-state index contributed by atoms with van der Waals surface area (Å²) in [6, 6.07) is -0.450. The lowest BCUT2D eigenvalue weighted by Gasteiger charge is -2.37. The molecule has 1 saturated heterocycles. The Labute approximate surface area is 107 Å². The molecule has 1 amide bonds. The third kappa shape index (κ3) is 1.76. The highest BCUT2D eigenvalue weighted by Gasteiger charge is 2.68. The third-order valence-electron chi connectivity index (χ3n) is 4.75. The highest BCUT2D eigenvalue weighted by atomic mass is 16.9. The topological polar surface area (TPSA) is 73.6 Å². The van der Waals surface area contributed by atoms with Crippen molar-refractivity contribution < 1.29 is 14.3 Å². The van der Waals surface area contributed by atoms with Gasteiger partial charge in [-0.3, -0.25) is 4.79 Å². The molecule has 0 spiro atoms. The average Bonchev–Trinajstić information content (AvgIpc) is 2.87. The zero-order valence-corrected chi connectivity index (χ0v) is 11.2. The quantitative estimate of drug-likeness (QED) is 0.773. The van der Waals surface area contributed by atoms with Gasteiger partial charge in [-0.1, -0.05) is 0 Å². The SMILES string of the molecule is CC1OC([C@H]2[C@@H]3CC[C@](C)(NC(=O)[C@@H](C)N)[C@@H]32)O1. The maximum atomic E-state index is 11.8. The van der Waals surface area contributed by atoms with E-state index >= 15 is 0 Å². The van der Waals surface area contributed by atoms with E-state index in [0.717, 1.165) is 12.8 Å². The summed E-state index contributed by atoms with van der Waals surface area (Å²) < 4.78 is 11.2. The Kier molecular flexibility index (Phi) is 2.70. The fraction of sp³-hybridized carbons (Fsp3) is 0.923. The van der Waals surface area contributed by atoms with Gasteiger partial charge in [0.1, 0.15) is 0 Å². The van der Waals surface area contributed by atoms with Crippen LogP contribution in [0.2, 0.25) is 0 Å². The van der Waals surface area contributed by atoms with Crippen LogP contribution in [-0.4, -0.2) is 30.1 Å². The zero-order valence-electron chi connectivity index (χ0n) is 11.2. The maximum Gasteiger partial charge on any atom is 0.237 e. The molecule has 3 N–H and O–H groups in total. The van der Waals surface area contributed by atoms with E-state index in [2.05, 4.69) is 12.2 Å². The van der Waals surface area contributed by atoms with Crippen molar-refractivity contribution in [2.45, 2.75) is 57.8 Å². The van der Waals surface area contributed by atoms with E-state index in [0.29, 0.717) is 17.8 Å². The minimum absolute atomic E-state index is 0.0539. The molecule has 0 aromatic carbocycles. The molecule has 3 aliphatic rings. The maximum absolute atomic E-state index is 11.8. The van der Waals surface area contributed by atoms with Gasteiger partial charge in [-0.2, -0.15) is 0 Å². The van der Waals surface area contributed by atoms with Crippen molar-refractivity contribution in [1.29, 1.82) is 0 Å². The number of hydrogen-bond acceptors (Lipinski definition) is 4. The Bertz CT molecular complexity index is 367. The van der Waals surface area contributed by atoms with Crippen molar-refractivity contribution in [2.75, 3.05) is 0 Å². The van der Waals surface area contributed by atoms with E-state index < -0.39 is 6.04 Å². The van der Waals surface area contributed by atoms with E-state index in [1.54, 1.807) is 6.92 Å². The minimum atomic E-state index is -0.450. The summed E-state index contributed by atoms with van der Waals surface area (Å²) in [6.45, 7) is 5.75. The molecule has 3 rings (SSSR count). The Hall–Kier alpha value is -0.650. The largest absolute Gasteiger partial charge is 0.349 e. The molecule has 5 nitrogen and oxygen atoms in total. The average molecular weight is 254 g/mol. The molecule has 5 heteroatoms. The normalized spacial score (nSPS) is 51.2.